The van der Waals surface area contributed by atoms with Crippen LogP contribution in [-0.2, 0) is 23.0 Å². The minimum absolute atomic E-state index is 0. The Morgan fingerprint density at radius 1 is 1.13 bits per heavy atom. The zero-order valence-corrected chi connectivity index (χ0v) is 22.0. The van der Waals surface area contributed by atoms with Gasteiger partial charge in [0.05, 0.1) is 18.6 Å². The van der Waals surface area contributed by atoms with Crippen molar-refractivity contribution >= 4 is 40.0 Å². The molecule has 172 valence electrons. The maximum atomic E-state index is 12.6. The molecular weight excluding hydrogens is 527 g/mol. The molecule has 0 aliphatic carbocycles. The quantitative estimate of drug-likeness (QED) is 0.280. The smallest absolute Gasteiger partial charge is 0.242 e. The fourth-order valence-electron chi connectivity index (χ4n) is 2.93. The third-order valence-corrected chi connectivity index (χ3v) is 6.58. The Bertz CT molecular complexity index is 978. The van der Waals surface area contributed by atoms with Crippen molar-refractivity contribution in [3.63, 3.8) is 0 Å². The number of halogens is 1. The normalized spacial score (nSPS) is 11.7. The molecule has 2 rings (SSSR count). The van der Waals surface area contributed by atoms with E-state index in [9.17, 15) is 8.42 Å². The third kappa shape index (κ3) is 7.65. The van der Waals surface area contributed by atoms with Gasteiger partial charge in [0.25, 0.3) is 0 Å². The van der Waals surface area contributed by atoms with Crippen LogP contribution in [-0.4, -0.2) is 53.0 Å². The van der Waals surface area contributed by atoms with Crippen molar-refractivity contribution in [3.05, 3.63) is 59.2 Å². The van der Waals surface area contributed by atoms with E-state index in [0.29, 0.717) is 24.6 Å². The Labute approximate surface area is 203 Å². The molecule has 2 aromatic rings. The first-order valence-electron chi connectivity index (χ1n) is 9.95. The van der Waals surface area contributed by atoms with Crippen LogP contribution < -0.4 is 15.4 Å². The lowest BCUT2D eigenvalue weighted by Gasteiger charge is -2.15. The van der Waals surface area contributed by atoms with E-state index in [1.54, 1.807) is 25.3 Å². The van der Waals surface area contributed by atoms with Crippen molar-refractivity contribution in [3.8, 4) is 5.75 Å². The minimum atomic E-state index is -3.52. The average Bonchev–Trinajstić information content (AvgIpc) is 2.73. The number of nitrogens with one attached hydrogen (secondary N) is 2. The van der Waals surface area contributed by atoms with Crippen LogP contribution in [0.25, 0.3) is 0 Å². The van der Waals surface area contributed by atoms with Crippen LogP contribution in [0.3, 0.4) is 0 Å². The molecule has 2 N–H and O–H groups in total. The van der Waals surface area contributed by atoms with E-state index in [-0.39, 0.29) is 35.4 Å². The van der Waals surface area contributed by atoms with Gasteiger partial charge in [0.2, 0.25) is 10.0 Å². The molecule has 0 aliphatic heterocycles. The van der Waals surface area contributed by atoms with Crippen molar-refractivity contribution in [2.24, 2.45) is 4.99 Å². The molecule has 0 radical (unpaired) electrons. The summed E-state index contributed by atoms with van der Waals surface area (Å²) in [7, 11) is 1.21. The highest BCUT2D eigenvalue weighted by molar-refractivity contribution is 14.0. The lowest BCUT2D eigenvalue weighted by atomic mass is 10.1. The Morgan fingerprint density at radius 2 is 1.84 bits per heavy atom. The van der Waals surface area contributed by atoms with Crippen molar-refractivity contribution in [2.75, 3.05) is 34.3 Å². The number of nitrogens with zero attached hydrogens (tertiary/aromatic N) is 2. The number of ether oxygens (including phenoxy) is 1. The molecule has 9 heteroatoms. The second kappa shape index (κ2) is 12.9. The van der Waals surface area contributed by atoms with Crippen LogP contribution >= 0.6 is 24.0 Å². The number of rotatable bonds is 9. The van der Waals surface area contributed by atoms with Gasteiger partial charge >= 0.3 is 0 Å². The number of aryl methyl sites for hydroxylation is 1. The Kier molecular flexibility index (Phi) is 11.3. The molecule has 0 aromatic heterocycles. The van der Waals surface area contributed by atoms with E-state index in [2.05, 4.69) is 27.8 Å². The Hall–Kier alpha value is -1.85. The number of aliphatic imine (C=N–C) groups is 1. The maximum absolute atomic E-state index is 12.6. The van der Waals surface area contributed by atoms with Gasteiger partial charge in [0.15, 0.2) is 5.96 Å². The molecule has 31 heavy (non-hydrogen) atoms. The molecule has 2 aromatic carbocycles. The van der Waals surface area contributed by atoms with Gasteiger partial charge in [-0.3, -0.25) is 0 Å². The van der Waals surface area contributed by atoms with Crippen molar-refractivity contribution < 1.29 is 13.2 Å². The molecule has 0 heterocycles. The van der Waals surface area contributed by atoms with Gasteiger partial charge in [-0.05, 0) is 49.1 Å². The fourth-order valence-corrected chi connectivity index (χ4v) is 4.04. The van der Waals surface area contributed by atoms with Crippen LogP contribution in [0.1, 0.15) is 23.6 Å². The van der Waals surface area contributed by atoms with Crippen molar-refractivity contribution in [1.29, 1.82) is 0 Å². The number of benzene rings is 2. The molecule has 0 spiro atoms. The molecule has 0 unspecified atom stereocenters. The summed E-state index contributed by atoms with van der Waals surface area (Å²) in [6.07, 6.45) is 0.812. The summed E-state index contributed by atoms with van der Waals surface area (Å²) >= 11 is 0. The zero-order valence-electron chi connectivity index (χ0n) is 18.8. The highest BCUT2D eigenvalue weighted by Gasteiger charge is 2.20. The zero-order chi connectivity index (χ0) is 22.1. The molecule has 7 nitrogen and oxygen atoms in total. The van der Waals surface area contributed by atoms with E-state index < -0.39 is 10.0 Å². The first kappa shape index (κ1) is 27.2. The van der Waals surface area contributed by atoms with Crippen LogP contribution in [0, 0.1) is 6.92 Å². The van der Waals surface area contributed by atoms with Gasteiger partial charge in [-0.25, -0.2) is 17.7 Å². The van der Waals surface area contributed by atoms with Gasteiger partial charge in [0, 0.05) is 27.2 Å². The van der Waals surface area contributed by atoms with E-state index in [1.165, 1.54) is 24.0 Å². The van der Waals surface area contributed by atoms with Crippen LogP contribution in [0.15, 0.2) is 52.4 Å². The molecule has 0 amide bonds. The number of sulfonamides is 1. The molecular formula is C22H33IN4O3S. The second-order valence-electron chi connectivity index (χ2n) is 7.07. The second-order valence-corrected chi connectivity index (χ2v) is 9.19. The SMILES string of the molecule is CCNC(=NCc1ccccc1S(=O)(=O)N(C)C)NCCc1ccc(C)c(OC)c1.I. The van der Waals surface area contributed by atoms with Gasteiger partial charge in [-0.1, -0.05) is 30.3 Å². The molecule has 0 aliphatic rings. The monoisotopic (exact) mass is 560 g/mol. The molecule has 0 saturated carbocycles. The van der Waals surface area contributed by atoms with Gasteiger partial charge < -0.3 is 15.4 Å². The predicted molar refractivity (Wildman–Crippen MR) is 137 cm³/mol. The van der Waals surface area contributed by atoms with E-state index in [1.807, 2.05) is 26.0 Å². The van der Waals surface area contributed by atoms with E-state index in [0.717, 1.165) is 17.7 Å². The first-order chi connectivity index (χ1) is 14.3. The number of hydrogen-bond donors (Lipinski definition) is 2. The lowest BCUT2D eigenvalue weighted by molar-refractivity contribution is 0.411. The summed E-state index contributed by atoms with van der Waals surface area (Å²) in [5.74, 6) is 1.53. The third-order valence-electron chi connectivity index (χ3n) is 4.66. The minimum Gasteiger partial charge on any atom is -0.496 e. The van der Waals surface area contributed by atoms with E-state index >= 15 is 0 Å². The van der Waals surface area contributed by atoms with Gasteiger partial charge in [0.1, 0.15) is 5.75 Å². The lowest BCUT2D eigenvalue weighted by Crippen LogP contribution is -2.38. The Morgan fingerprint density at radius 3 is 2.48 bits per heavy atom. The number of hydrogen-bond acceptors (Lipinski definition) is 4. The maximum Gasteiger partial charge on any atom is 0.242 e. The van der Waals surface area contributed by atoms with Gasteiger partial charge in [-0.2, -0.15) is 0 Å². The number of guanidine groups is 1. The standard InChI is InChI=1S/C22H32N4O3S.HI/c1-6-23-22(24-14-13-18-12-11-17(2)20(15-18)29-5)25-16-19-9-7-8-10-21(19)30(27,28)26(3)4;/h7-12,15H,6,13-14,16H2,1-5H3,(H2,23,24,25);1H. The highest BCUT2D eigenvalue weighted by atomic mass is 127. The summed E-state index contributed by atoms with van der Waals surface area (Å²) in [5, 5.41) is 6.52. The van der Waals surface area contributed by atoms with E-state index in [4.69, 9.17) is 4.74 Å². The number of methoxy groups -OCH3 is 1. The van der Waals surface area contributed by atoms with Crippen LogP contribution in [0.2, 0.25) is 0 Å². The first-order valence-corrected chi connectivity index (χ1v) is 11.4. The topological polar surface area (TPSA) is 83.0 Å². The molecule has 0 bridgehead atoms. The molecule has 0 saturated heterocycles. The van der Waals surface area contributed by atoms with Crippen LogP contribution in [0.4, 0.5) is 0 Å². The van der Waals surface area contributed by atoms with Crippen LogP contribution in [0.5, 0.6) is 5.75 Å². The summed E-state index contributed by atoms with van der Waals surface area (Å²) in [6.45, 7) is 5.67. The molecule has 0 atom stereocenters. The highest BCUT2D eigenvalue weighted by Crippen LogP contribution is 2.20. The van der Waals surface area contributed by atoms with Crippen molar-refractivity contribution in [2.45, 2.75) is 31.7 Å². The summed E-state index contributed by atoms with van der Waals surface area (Å²) in [5.41, 5.74) is 2.94. The largest absolute Gasteiger partial charge is 0.496 e. The summed E-state index contributed by atoms with van der Waals surface area (Å²) in [4.78, 5) is 4.86. The fraction of sp³-hybridized carbons (Fsp3) is 0.409. The van der Waals surface area contributed by atoms with Gasteiger partial charge in [-0.15, -0.1) is 24.0 Å². The summed E-state index contributed by atoms with van der Waals surface area (Å²) in [6, 6.07) is 13.1. The van der Waals surface area contributed by atoms with Crippen molar-refractivity contribution in [1.82, 2.24) is 14.9 Å². The average molecular weight is 561 g/mol. The molecule has 0 fully saturated rings. The predicted octanol–water partition coefficient (Wildman–Crippen LogP) is 3.17. The Balaban J connectivity index is 0.00000480. The summed E-state index contributed by atoms with van der Waals surface area (Å²) < 4.78 is 31.7.